The largest absolute Gasteiger partial charge is 0.299 e. The summed E-state index contributed by atoms with van der Waals surface area (Å²) in [5.41, 5.74) is 3.22. The molecular weight excluding hydrogens is 289 g/mol. The first-order valence-electron chi connectivity index (χ1n) is 8.17. The van der Waals surface area contributed by atoms with Crippen molar-refractivity contribution in [1.29, 1.82) is 0 Å². The maximum Gasteiger partial charge on any atom is 0.125 e. The van der Waals surface area contributed by atoms with Crippen molar-refractivity contribution in [3.63, 3.8) is 0 Å². The van der Waals surface area contributed by atoms with Gasteiger partial charge in [-0.1, -0.05) is 30.3 Å². The number of fused-ring (bicyclic) bond motifs is 1. The Morgan fingerprint density at radius 1 is 1.17 bits per heavy atom. The summed E-state index contributed by atoms with van der Waals surface area (Å²) >= 11 is 0. The van der Waals surface area contributed by atoms with E-state index >= 15 is 0 Å². The minimum absolute atomic E-state index is 0.220. The van der Waals surface area contributed by atoms with Crippen molar-refractivity contribution < 1.29 is 4.39 Å². The summed E-state index contributed by atoms with van der Waals surface area (Å²) in [5, 5.41) is 8.40. The molecule has 1 unspecified atom stereocenters. The maximum absolute atomic E-state index is 13.3. The molecule has 0 saturated carbocycles. The first-order valence-corrected chi connectivity index (χ1v) is 8.17. The van der Waals surface area contributed by atoms with Crippen molar-refractivity contribution in [3.05, 3.63) is 65.6 Å². The van der Waals surface area contributed by atoms with Crippen LogP contribution < -0.4 is 0 Å². The molecule has 4 rings (SSSR count). The quantitative estimate of drug-likeness (QED) is 0.795. The van der Waals surface area contributed by atoms with Gasteiger partial charge in [0.1, 0.15) is 5.82 Å². The van der Waals surface area contributed by atoms with Gasteiger partial charge in [-0.15, -0.1) is 0 Å². The zero-order valence-corrected chi connectivity index (χ0v) is 13.0. The minimum atomic E-state index is -0.220. The molecular formula is C19H20FN3. The van der Waals surface area contributed by atoms with Gasteiger partial charge in [-0.3, -0.25) is 10.00 Å². The molecule has 1 aliphatic rings. The summed E-state index contributed by atoms with van der Waals surface area (Å²) in [6, 6.07) is 15.5. The lowest BCUT2D eigenvalue weighted by Crippen LogP contribution is -2.20. The van der Waals surface area contributed by atoms with Gasteiger partial charge in [-0.2, -0.15) is 5.10 Å². The smallest absolute Gasteiger partial charge is 0.125 e. The Balaban J connectivity index is 1.42. The Hall–Kier alpha value is -2.20. The number of H-pyrrole nitrogens is 1. The van der Waals surface area contributed by atoms with Gasteiger partial charge in [0, 0.05) is 18.5 Å². The number of benzene rings is 2. The predicted octanol–water partition coefficient (Wildman–Crippen LogP) is 3.77. The molecule has 1 fully saturated rings. The summed E-state index contributed by atoms with van der Waals surface area (Å²) in [6.45, 7) is 3.25. The Morgan fingerprint density at radius 2 is 2.04 bits per heavy atom. The molecule has 0 radical (unpaired) electrons. The Labute approximate surface area is 135 Å². The molecule has 118 valence electrons. The molecule has 1 aliphatic heterocycles. The Kier molecular flexibility index (Phi) is 3.83. The van der Waals surface area contributed by atoms with Gasteiger partial charge in [0.2, 0.25) is 0 Å². The monoisotopic (exact) mass is 309 g/mol. The van der Waals surface area contributed by atoms with Crippen LogP contribution in [0.2, 0.25) is 0 Å². The van der Waals surface area contributed by atoms with Crippen molar-refractivity contribution >= 4 is 10.9 Å². The SMILES string of the molecule is Fc1ccc2c(CC3CCN(Cc4ccccc4)C3)n[nH]c2c1. The number of aromatic nitrogens is 2. The zero-order chi connectivity index (χ0) is 15.6. The fraction of sp³-hybridized carbons (Fsp3) is 0.316. The number of rotatable bonds is 4. The second-order valence-corrected chi connectivity index (χ2v) is 6.44. The number of hydrogen-bond donors (Lipinski definition) is 1. The molecule has 0 spiro atoms. The Bertz CT molecular complexity index is 797. The second-order valence-electron chi connectivity index (χ2n) is 6.44. The van der Waals surface area contributed by atoms with E-state index in [2.05, 4.69) is 45.4 Å². The lowest BCUT2D eigenvalue weighted by Gasteiger charge is -2.15. The summed E-state index contributed by atoms with van der Waals surface area (Å²) in [4.78, 5) is 2.51. The van der Waals surface area contributed by atoms with Gasteiger partial charge in [-0.05, 0) is 49.1 Å². The van der Waals surface area contributed by atoms with Gasteiger partial charge in [0.05, 0.1) is 11.2 Å². The first kappa shape index (κ1) is 14.4. The predicted molar refractivity (Wildman–Crippen MR) is 89.6 cm³/mol. The van der Waals surface area contributed by atoms with Crippen LogP contribution in [0.4, 0.5) is 4.39 Å². The van der Waals surface area contributed by atoms with E-state index in [1.54, 1.807) is 0 Å². The molecule has 1 saturated heterocycles. The van der Waals surface area contributed by atoms with Crippen molar-refractivity contribution in [3.8, 4) is 0 Å². The molecule has 3 aromatic rings. The van der Waals surface area contributed by atoms with E-state index in [4.69, 9.17) is 0 Å². The number of halogens is 1. The highest BCUT2D eigenvalue weighted by Gasteiger charge is 2.24. The molecule has 0 amide bonds. The third-order valence-corrected chi connectivity index (χ3v) is 4.70. The van der Waals surface area contributed by atoms with Crippen LogP contribution >= 0.6 is 0 Å². The molecule has 0 bridgehead atoms. The van der Waals surface area contributed by atoms with Crippen LogP contribution in [0, 0.1) is 11.7 Å². The first-order chi connectivity index (χ1) is 11.3. The molecule has 4 heteroatoms. The summed E-state index contributed by atoms with van der Waals surface area (Å²) in [6.07, 6.45) is 2.15. The molecule has 1 N–H and O–H groups in total. The van der Waals surface area contributed by atoms with Gasteiger partial charge >= 0.3 is 0 Å². The zero-order valence-electron chi connectivity index (χ0n) is 13.0. The Morgan fingerprint density at radius 3 is 2.91 bits per heavy atom. The molecule has 23 heavy (non-hydrogen) atoms. The third kappa shape index (κ3) is 3.13. The van der Waals surface area contributed by atoms with Gasteiger partial charge < -0.3 is 0 Å². The molecule has 0 aliphatic carbocycles. The van der Waals surface area contributed by atoms with E-state index in [0.29, 0.717) is 5.92 Å². The van der Waals surface area contributed by atoms with E-state index in [9.17, 15) is 4.39 Å². The van der Waals surface area contributed by atoms with Gasteiger partial charge in [0.25, 0.3) is 0 Å². The summed E-state index contributed by atoms with van der Waals surface area (Å²) in [7, 11) is 0. The van der Waals surface area contributed by atoms with E-state index in [-0.39, 0.29) is 5.82 Å². The van der Waals surface area contributed by atoms with Crippen LogP contribution in [0.15, 0.2) is 48.5 Å². The average Bonchev–Trinajstić information content (AvgIpc) is 3.16. The molecule has 1 atom stereocenters. The van der Waals surface area contributed by atoms with Crippen molar-refractivity contribution in [2.45, 2.75) is 19.4 Å². The van der Waals surface area contributed by atoms with Gasteiger partial charge in [0.15, 0.2) is 0 Å². The number of aromatic amines is 1. The lowest BCUT2D eigenvalue weighted by atomic mass is 10.0. The molecule has 3 nitrogen and oxygen atoms in total. The molecule has 2 aromatic carbocycles. The van der Waals surface area contributed by atoms with Crippen molar-refractivity contribution in [2.75, 3.05) is 13.1 Å². The van der Waals surface area contributed by atoms with Crippen LogP contribution in [0.25, 0.3) is 10.9 Å². The second kappa shape index (κ2) is 6.13. The van der Waals surface area contributed by atoms with E-state index < -0.39 is 0 Å². The maximum atomic E-state index is 13.3. The topological polar surface area (TPSA) is 31.9 Å². The number of likely N-dealkylation sites (tertiary alicyclic amines) is 1. The fourth-order valence-corrected chi connectivity index (χ4v) is 3.54. The summed E-state index contributed by atoms with van der Waals surface area (Å²) in [5.74, 6) is 0.401. The van der Waals surface area contributed by atoms with Crippen LogP contribution in [0.5, 0.6) is 0 Å². The van der Waals surface area contributed by atoms with E-state index in [1.165, 1.54) is 24.1 Å². The van der Waals surface area contributed by atoms with Crippen molar-refractivity contribution in [1.82, 2.24) is 15.1 Å². The third-order valence-electron chi connectivity index (χ3n) is 4.70. The molecule has 2 heterocycles. The van der Waals surface area contributed by atoms with Crippen LogP contribution in [-0.4, -0.2) is 28.2 Å². The van der Waals surface area contributed by atoms with Crippen molar-refractivity contribution in [2.24, 2.45) is 5.92 Å². The number of nitrogens with one attached hydrogen (secondary N) is 1. The minimum Gasteiger partial charge on any atom is -0.299 e. The van der Waals surface area contributed by atoms with Gasteiger partial charge in [-0.25, -0.2) is 4.39 Å². The highest BCUT2D eigenvalue weighted by Crippen LogP contribution is 2.25. The van der Waals surface area contributed by atoms with E-state index in [0.717, 1.165) is 42.7 Å². The number of nitrogens with zero attached hydrogens (tertiary/aromatic N) is 2. The van der Waals surface area contributed by atoms with Crippen LogP contribution in [-0.2, 0) is 13.0 Å². The van der Waals surface area contributed by atoms with E-state index in [1.807, 2.05) is 6.07 Å². The normalized spacial score (nSPS) is 18.7. The number of hydrogen-bond acceptors (Lipinski definition) is 2. The standard InChI is InChI=1S/C19H20FN3/c20-16-6-7-17-18(21-22-19(17)11-16)10-15-8-9-23(13-15)12-14-4-2-1-3-5-14/h1-7,11,15H,8-10,12-13H2,(H,21,22). The van der Waals surface area contributed by atoms with Crippen LogP contribution in [0.1, 0.15) is 17.7 Å². The summed E-state index contributed by atoms with van der Waals surface area (Å²) < 4.78 is 13.3. The highest BCUT2D eigenvalue weighted by molar-refractivity contribution is 5.81. The fourth-order valence-electron chi connectivity index (χ4n) is 3.54. The molecule has 1 aromatic heterocycles. The average molecular weight is 309 g/mol. The van der Waals surface area contributed by atoms with Crippen LogP contribution in [0.3, 0.4) is 0 Å². The highest BCUT2D eigenvalue weighted by atomic mass is 19.1. The lowest BCUT2D eigenvalue weighted by molar-refractivity contribution is 0.316.